The van der Waals surface area contributed by atoms with E-state index in [0.717, 1.165) is 60.2 Å². The number of nitrogens with zero attached hydrogens (tertiary/aromatic N) is 5. The third kappa shape index (κ3) is 5.05. The van der Waals surface area contributed by atoms with Crippen molar-refractivity contribution in [2.75, 3.05) is 18.5 Å². The quantitative estimate of drug-likeness (QED) is 0.325. The average Bonchev–Trinajstić information content (AvgIpc) is 3.50. The Balaban J connectivity index is 1.41. The van der Waals surface area contributed by atoms with Gasteiger partial charge >= 0.3 is 0 Å². The van der Waals surface area contributed by atoms with Gasteiger partial charge in [-0.05, 0) is 44.7 Å². The average molecular weight is 495 g/mol. The predicted octanol–water partition coefficient (Wildman–Crippen LogP) is 3.78. The number of aliphatic hydroxyl groups excluding tert-OH is 2. The minimum Gasteiger partial charge on any atom is -0.487 e. The van der Waals surface area contributed by atoms with Crippen LogP contribution in [0.5, 0.6) is 5.75 Å². The van der Waals surface area contributed by atoms with E-state index in [1.165, 1.54) is 6.07 Å². The molecule has 0 bridgehead atoms. The lowest BCUT2D eigenvalue weighted by molar-refractivity contribution is 0.0783. The smallest absolute Gasteiger partial charge is 0.165 e. The normalized spacial score (nSPS) is 18.9. The second-order valence-electron chi connectivity index (χ2n) is 9.18. The van der Waals surface area contributed by atoms with Gasteiger partial charge in [0.05, 0.1) is 43.1 Å². The zero-order valence-corrected chi connectivity index (χ0v) is 20.2. The molecule has 3 N–H and O–H groups in total. The van der Waals surface area contributed by atoms with Gasteiger partial charge in [-0.2, -0.15) is 10.2 Å². The fourth-order valence-corrected chi connectivity index (χ4v) is 4.79. The molecule has 10 heteroatoms. The van der Waals surface area contributed by atoms with Crippen molar-refractivity contribution in [3.63, 3.8) is 0 Å². The van der Waals surface area contributed by atoms with E-state index in [2.05, 4.69) is 20.1 Å². The fraction of sp³-hybridized carbons (Fsp3) is 0.423. The van der Waals surface area contributed by atoms with Crippen LogP contribution in [-0.4, -0.2) is 60.1 Å². The standard InChI is InChI=1S/C26H31FN6O3/c1-2-28-25-11-23-21(13-29-25)26(17-12-30-32(14-17)15-19(35)16-34)31-33(23)18-7-9-20(10-8-18)36-24-6-4-3-5-22(24)27/h3-6,11-14,18-20,34-35H,2,7-10,15-16H2,1H3,(H,28,29)/t18-,19-,20+/m1/s1. The summed E-state index contributed by atoms with van der Waals surface area (Å²) in [5.41, 5.74) is 2.58. The van der Waals surface area contributed by atoms with Crippen molar-refractivity contribution in [2.45, 2.75) is 57.4 Å². The van der Waals surface area contributed by atoms with Gasteiger partial charge in [-0.15, -0.1) is 0 Å². The van der Waals surface area contributed by atoms with Crippen LogP contribution in [0.4, 0.5) is 10.2 Å². The zero-order valence-electron chi connectivity index (χ0n) is 20.2. The molecule has 0 saturated heterocycles. The highest BCUT2D eigenvalue weighted by molar-refractivity contribution is 5.93. The van der Waals surface area contributed by atoms with Crippen molar-refractivity contribution in [2.24, 2.45) is 0 Å². The number of rotatable bonds is 9. The number of anilines is 1. The molecule has 0 amide bonds. The Kier molecular flexibility index (Phi) is 7.15. The van der Waals surface area contributed by atoms with Gasteiger partial charge in [0, 0.05) is 36.0 Å². The SMILES string of the molecule is CCNc1cc2c(cn1)c(-c1cnn(C[C@@H](O)CO)c1)nn2[C@H]1CC[C@@H](Oc2ccccc2F)CC1. The van der Waals surface area contributed by atoms with Gasteiger partial charge in [0.25, 0.3) is 0 Å². The number of aliphatic hydroxyl groups is 2. The van der Waals surface area contributed by atoms with Crippen molar-refractivity contribution in [1.82, 2.24) is 24.5 Å². The monoisotopic (exact) mass is 494 g/mol. The number of ether oxygens (including phenoxy) is 1. The third-order valence-electron chi connectivity index (χ3n) is 6.58. The highest BCUT2D eigenvalue weighted by Gasteiger charge is 2.27. The molecule has 9 nitrogen and oxygen atoms in total. The number of aromatic nitrogens is 5. The molecule has 1 aliphatic rings. The van der Waals surface area contributed by atoms with E-state index >= 15 is 0 Å². The first-order valence-electron chi connectivity index (χ1n) is 12.4. The second kappa shape index (κ2) is 10.6. The van der Waals surface area contributed by atoms with E-state index in [9.17, 15) is 9.50 Å². The number of hydrogen-bond donors (Lipinski definition) is 3. The van der Waals surface area contributed by atoms with Crippen molar-refractivity contribution in [3.8, 4) is 17.0 Å². The second-order valence-corrected chi connectivity index (χ2v) is 9.18. The van der Waals surface area contributed by atoms with E-state index in [1.54, 1.807) is 29.1 Å². The molecule has 0 aliphatic heterocycles. The van der Waals surface area contributed by atoms with Crippen molar-refractivity contribution < 1.29 is 19.3 Å². The van der Waals surface area contributed by atoms with E-state index in [4.69, 9.17) is 14.9 Å². The van der Waals surface area contributed by atoms with Gasteiger partial charge in [0.2, 0.25) is 0 Å². The molecule has 1 fully saturated rings. The highest BCUT2D eigenvalue weighted by Crippen LogP contribution is 2.36. The van der Waals surface area contributed by atoms with E-state index in [-0.39, 0.29) is 31.1 Å². The molecule has 1 aliphatic carbocycles. The Hall–Kier alpha value is -3.50. The Labute approximate surface area is 208 Å². The number of halogens is 1. The minimum absolute atomic E-state index is 0.0328. The van der Waals surface area contributed by atoms with E-state index in [1.807, 2.05) is 25.4 Å². The number of benzene rings is 1. The minimum atomic E-state index is -0.877. The summed E-state index contributed by atoms with van der Waals surface area (Å²) in [7, 11) is 0. The zero-order chi connectivity index (χ0) is 25.1. The summed E-state index contributed by atoms with van der Waals surface area (Å²) in [6, 6.07) is 8.73. The van der Waals surface area contributed by atoms with Gasteiger partial charge in [-0.25, -0.2) is 9.37 Å². The van der Waals surface area contributed by atoms with Crippen molar-refractivity contribution >= 4 is 16.7 Å². The van der Waals surface area contributed by atoms with E-state index in [0.29, 0.717) is 5.75 Å². The maximum Gasteiger partial charge on any atom is 0.165 e. The molecule has 36 heavy (non-hydrogen) atoms. The Morgan fingerprint density at radius 1 is 1.19 bits per heavy atom. The van der Waals surface area contributed by atoms with Crippen molar-refractivity contribution in [3.05, 3.63) is 54.7 Å². The third-order valence-corrected chi connectivity index (χ3v) is 6.58. The molecule has 1 saturated carbocycles. The van der Waals surface area contributed by atoms with Crippen LogP contribution in [-0.2, 0) is 6.54 Å². The first-order valence-corrected chi connectivity index (χ1v) is 12.4. The number of para-hydroxylation sites is 1. The van der Waals surface area contributed by atoms with Crippen molar-refractivity contribution in [1.29, 1.82) is 0 Å². The maximum atomic E-state index is 14.0. The van der Waals surface area contributed by atoms with Crippen LogP contribution >= 0.6 is 0 Å². The van der Waals surface area contributed by atoms with Gasteiger partial charge < -0.3 is 20.3 Å². The van der Waals surface area contributed by atoms with Gasteiger partial charge in [0.1, 0.15) is 11.5 Å². The summed E-state index contributed by atoms with van der Waals surface area (Å²) in [6.07, 6.45) is 7.78. The summed E-state index contributed by atoms with van der Waals surface area (Å²) >= 11 is 0. The largest absolute Gasteiger partial charge is 0.487 e. The topological polar surface area (TPSA) is 110 Å². The van der Waals surface area contributed by atoms with Crippen LogP contribution in [0.25, 0.3) is 22.2 Å². The number of nitrogens with one attached hydrogen (secondary N) is 1. The van der Waals surface area contributed by atoms with Gasteiger partial charge in [-0.1, -0.05) is 12.1 Å². The van der Waals surface area contributed by atoms with Crippen LogP contribution in [0.2, 0.25) is 0 Å². The molecule has 5 rings (SSSR count). The van der Waals surface area contributed by atoms with Crippen LogP contribution < -0.4 is 10.1 Å². The summed E-state index contributed by atoms with van der Waals surface area (Å²) in [4.78, 5) is 4.56. The Bertz CT molecular complexity index is 1310. The number of hydrogen-bond acceptors (Lipinski definition) is 7. The molecule has 3 heterocycles. The molecule has 1 atom stereocenters. The Morgan fingerprint density at radius 2 is 2.00 bits per heavy atom. The summed E-state index contributed by atoms with van der Waals surface area (Å²) in [5.74, 6) is 0.756. The lowest BCUT2D eigenvalue weighted by Gasteiger charge is -2.29. The molecular formula is C26H31FN6O3. The molecular weight excluding hydrogens is 463 g/mol. The summed E-state index contributed by atoms with van der Waals surface area (Å²) < 4.78 is 23.7. The molecule has 190 valence electrons. The highest BCUT2D eigenvalue weighted by atomic mass is 19.1. The molecule has 0 spiro atoms. The summed E-state index contributed by atoms with van der Waals surface area (Å²) in [6.45, 7) is 2.66. The van der Waals surface area contributed by atoms with Crippen LogP contribution in [0.1, 0.15) is 38.6 Å². The molecule has 4 aromatic rings. The van der Waals surface area contributed by atoms with Crippen LogP contribution in [0.3, 0.4) is 0 Å². The molecule has 1 aromatic carbocycles. The number of pyridine rings is 1. The maximum absolute atomic E-state index is 14.0. The van der Waals surface area contributed by atoms with Gasteiger partial charge in [-0.3, -0.25) is 9.36 Å². The van der Waals surface area contributed by atoms with E-state index < -0.39 is 6.10 Å². The lowest BCUT2D eigenvalue weighted by Crippen LogP contribution is -2.26. The first-order chi connectivity index (χ1) is 17.6. The Morgan fingerprint density at radius 3 is 2.75 bits per heavy atom. The molecule has 0 radical (unpaired) electrons. The van der Waals surface area contributed by atoms with Crippen LogP contribution in [0, 0.1) is 5.82 Å². The van der Waals surface area contributed by atoms with Gasteiger partial charge in [0.15, 0.2) is 11.6 Å². The van der Waals surface area contributed by atoms with Crippen LogP contribution in [0.15, 0.2) is 48.9 Å². The fourth-order valence-electron chi connectivity index (χ4n) is 4.79. The first kappa shape index (κ1) is 24.2. The lowest BCUT2D eigenvalue weighted by atomic mass is 9.93. The summed E-state index contributed by atoms with van der Waals surface area (Å²) in [5, 5.41) is 32.4. The molecule has 0 unspecified atom stereocenters. The predicted molar refractivity (Wildman–Crippen MR) is 134 cm³/mol. The molecule has 3 aromatic heterocycles. The number of fused-ring (bicyclic) bond motifs is 1.